The van der Waals surface area contributed by atoms with Gasteiger partial charge in [0.15, 0.2) is 23.4 Å². The first-order valence-corrected chi connectivity index (χ1v) is 8.05. The van der Waals surface area contributed by atoms with E-state index in [1.54, 1.807) is 25.1 Å². The lowest BCUT2D eigenvalue weighted by Gasteiger charge is -2.18. The van der Waals surface area contributed by atoms with E-state index in [0.29, 0.717) is 17.1 Å². The third kappa shape index (κ3) is 4.59. The number of carbonyl (C=O) groups is 2. The van der Waals surface area contributed by atoms with Crippen molar-refractivity contribution in [3.8, 4) is 11.5 Å². The second kappa shape index (κ2) is 7.83. The van der Waals surface area contributed by atoms with E-state index in [2.05, 4.69) is 5.32 Å². The van der Waals surface area contributed by atoms with Gasteiger partial charge in [-0.25, -0.2) is 0 Å². The molecule has 2 aromatic rings. The molecule has 0 fully saturated rings. The molecule has 0 aliphatic rings. The first kappa shape index (κ1) is 18.5. The lowest BCUT2D eigenvalue weighted by atomic mass is 10.1. The number of benzene rings is 2. The quantitative estimate of drug-likeness (QED) is 0.809. The molecule has 1 atom stereocenters. The molecule has 5 nitrogen and oxygen atoms in total. The molecule has 0 aromatic heterocycles. The Labute approximate surface area is 148 Å². The average Bonchev–Trinajstić information content (AvgIpc) is 2.57. The summed E-state index contributed by atoms with van der Waals surface area (Å²) in [5, 5.41) is 2.87. The topological polar surface area (TPSA) is 64.6 Å². The lowest BCUT2D eigenvalue weighted by Crippen LogP contribution is -2.30. The van der Waals surface area contributed by atoms with E-state index in [4.69, 9.17) is 9.47 Å². The molecule has 0 aliphatic carbocycles. The van der Waals surface area contributed by atoms with Crippen molar-refractivity contribution in [1.29, 1.82) is 0 Å². The number of hydrogen-bond acceptors (Lipinski definition) is 4. The zero-order valence-electron chi connectivity index (χ0n) is 15.2. The molecule has 1 unspecified atom stereocenters. The van der Waals surface area contributed by atoms with E-state index in [0.717, 1.165) is 16.8 Å². The minimum Gasteiger partial charge on any atom is -0.493 e. The zero-order valence-corrected chi connectivity index (χ0v) is 15.2. The standard InChI is InChI=1S/C20H23NO4/c1-12-6-8-17(13(2)10-12)21-20(23)15(4)25-18-9-7-16(14(3)22)11-19(18)24-5/h6-11,15H,1-5H3,(H,21,23). The van der Waals surface area contributed by atoms with Gasteiger partial charge in [0, 0.05) is 11.3 Å². The highest BCUT2D eigenvalue weighted by Gasteiger charge is 2.18. The molecule has 2 rings (SSSR count). The van der Waals surface area contributed by atoms with Gasteiger partial charge in [0.25, 0.3) is 5.91 Å². The van der Waals surface area contributed by atoms with Crippen LogP contribution in [0, 0.1) is 13.8 Å². The lowest BCUT2D eigenvalue weighted by molar-refractivity contribution is -0.122. The van der Waals surface area contributed by atoms with Crippen molar-refractivity contribution >= 4 is 17.4 Å². The van der Waals surface area contributed by atoms with Crippen LogP contribution in [0.3, 0.4) is 0 Å². The number of rotatable bonds is 6. The molecular formula is C20H23NO4. The number of Topliss-reactive ketones (excluding diaryl/α,β-unsaturated/α-hetero) is 1. The molecule has 0 heterocycles. The van der Waals surface area contributed by atoms with Crippen LogP contribution in [0.5, 0.6) is 11.5 Å². The SMILES string of the molecule is COc1cc(C(C)=O)ccc1OC(C)C(=O)Nc1ccc(C)cc1C. The molecule has 1 N–H and O–H groups in total. The van der Waals surface area contributed by atoms with E-state index in [1.165, 1.54) is 14.0 Å². The van der Waals surface area contributed by atoms with E-state index >= 15 is 0 Å². The van der Waals surface area contributed by atoms with Gasteiger partial charge in [-0.3, -0.25) is 9.59 Å². The summed E-state index contributed by atoms with van der Waals surface area (Å²) in [6.45, 7) is 7.09. The van der Waals surface area contributed by atoms with Gasteiger partial charge in [-0.05, 0) is 57.5 Å². The van der Waals surface area contributed by atoms with Crippen LogP contribution in [-0.2, 0) is 4.79 Å². The van der Waals surface area contributed by atoms with Gasteiger partial charge in [-0.2, -0.15) is 0 Å². The van der Waals surface area contributed by atoms with Crippen molar-refractivity contribution in [2.45, 2.75) is 33.8 Å². The molecule has 1 amide bonds. The van der Waals surface area contributed by atoms with E-state index in [9.17, 15) is 9.59 Å². The van der Waals surface area contributed by atoms with Gasteiger partial charge in [0.1, 0.15) is 0 Å². The fourth-order valence-corrected chi connectivity index (χ4v) is 2.42. The fraction of sp³-hybridized carbons (Fsp3) is 0.300. The Kier molecular flexibility index (Phi) is 5.80. The number of methoxy groups -OCH3 is 1. The van der Waals surface area contributed by atoms with Crippen LogP contribution in [0.4, 0.5) is 5.69 Å². The number of amides is 1. The smallest absolute Gasteiger partial charge is 0.265 e. The minimum absolute atomic E-state index is 0.0644. The Balaban J connectivity index is 2.11. The van der Waals surface area contributed by atoms with Crippen molar-refractivity contribution in [1.82, 2.24) is 0 Å². The first-order valence-electron chi connectivity index (χ1n) is 8.05. The summed E-state index contributed by atoms with van der Waals surface area (Å²) in [5.41, 5.74) is 3.40. The summed E-state index contributed by atoms with van der Waals surface area (Å²) in [6, 6.07) is 10.7. The van der Waals surface area contributed by atoms with Crippen LogP contribution in [0.25, 0.3) is 0 Å². The maximum atomic E-state index is 12.4. The molecule has 0 saturated carbocycles. The molecule has 0 saturated heterocycles. The first-order chi connectivity index (χ1) is 11.8. The van der Waals surface area contributed by atoms with Crippen LogP contribution < -0.4 is 14.8 Å². The number of aryl methyl sites for hydroxylation is 2. The molecule has 132 valence electrons. The fourth-order valence-electron chi connectivity index (χ4n) is 2.42. The molecule has 0 bridgehead atoms. The number of ether oxygens (including phenoxy) is 2. The van der Waals surface area contributed by atoms with E-state index < -0.39 is 6.10 Å². The average molecular weight is 341 g/mol. The number of nitrogens with one attached hydrogen (secondary N) is 1. The van der Waals surface area contributed by atoms with Gasteiger partial charge < -0.3 is 14.8 Å². The Morgan fingerprint density at radius 2 is 1.76 bits per heavy atom. The Hall–Kier alpha value is -2.82. The third-order valence-corrected chi connectivity index (χ3v) is 3.88. The van der Waals surface area contributed by atoms with Crippen molar-refractivity contribution in [2.24, 2.45) is 0 Å². The van der Waals surface area contributed by atoms with Crippen LogP contribution >= 0.6 is 0 Å². The summed E-state index contributed by atoms with van der Waals surface area (Å²) >= 11 is 0. The normalized spacial score (nSPS) is 11.6. The Morgan fingerprint density at radius 3 is 2.36 bits per heavy atom. The van der Waals surface area contributed by atoms with Gasteiger partial charge >= 0.3 is 0 Å². The molecule has 0 aliphatic heterocycles. The Morgan fingerprint density at radius 1 is 1.04 bits per heavy atom. The van der Waals surface area contributed by atoms with Crippen molar-refractivity contribution in [3.63, 3.8) is 0 Å². The van der Waals surface area contributed by atoms with Gasteiger partial charge in [-0.1, -0.05) is 17.7 Å². The van der Waals surface area contributed by atoms with Crippen LogP contribution in [0.15, 0.2) is 36.4 Å². The van der Waals surface area contributed by atoms with Crippen LogP contribution in [0.2, 0.25) is 0 Å². The molecule has 2 aromatic carbocycles. The number of ketones is 1. The number of hydrogen-bond donors (Lipinski definition) is 1. The minimum atomic E-state index is -0.724. The molecule has 0 spiro atoms. The molecule has 0 radical (unpaired) electrons. The van der Waals surface area contributed by atoms with Gasteiger partial charge in [0.2, 0.25) is 0 Å². The number of anilines is 1. The largest absolute Gasteiger partial charge is 0.493 e. The van der Waals surface area contributed by atoms with Crippen LogP contribution in [0.1, 0.15) is 35.3 Å². The second-order valence-electron chi connectivity index (χ2n) is 5.99. The van der Waals surface area contributed by atoms with Crippen molar-refractivity contribution in [2.75, 3.05) is 12.4 Å². The molecular weight excluding hydrogens is 318 g/mol. The summed E-state index contributed by atoms with van der Waals surface area (Å²) in [4.78, 5) is 23.9. The highest BCUT2D eigenvalue weighted by atomic mass is 16.5. The van der Waals surface area contributed by atoms with Crippen molar-refractivity contribution in [3.05, 3.63) is 53.1 Å². The monoisotopic (exact) mass is 341 g/mol. The highest BCUT2D eigenvalue weighted by molar-refractivity contribution is 5.95. The summed E-state index contributed by atoms with van der Waals surface area (Å²) in [5.74, 6) is 0.504. The summed E-state index contributed by atoms with van der Waals surface area (Å²) < 4.78 is 11.0. The van der Waals surface area contributed by atoms with E-state index in [-0.39, 0.29) is 11.7 Å². The predicted octanol–water partition coefficient (Wildman–Crippen LogP) is 3.92. The zero-order chi connectivity index (χ0) is 18.6. The number of carbonyl (C=O) groups excluding carboxylic acids is 2. The third-order valence-electron chi connectivity index (χ3n) is 3.88. The maximum absolute atomic E-state index is 12.4. The van der Waals surface area contributed by atoms with E-state index in [1.807, 2.05) is 32.0 Å². The molecule has 25 heavy (non-hydrogen) atoms. The molecule has 5 heteroatoms. The second-order valence-corrected chi connectivity index (χ2v) is 5.99. The van der Waals surface area contributed by atoms with Gasteiger partial charge in [-0.15, -0.1) is 0 Å². The predicted molar refractivity (Wildman–Crippen MR) is 97.6 cm³/mol. The van der Waals surface area contributed by atoms with Crippen LogP contribution in [-0.4, -0.2) is 24.9 Å². The highest BCUT2D eigenvalue weighted by Crippen LogP contribution is 2.29. The maximum Gasteiger partial charge on any atom is 0.265 e. The summed E-state index contributed by atoms with van der Waals surface area (Å²) in [7, 11) is 1.49. The van der Waals surface area contributed by atoms with Crippen molar-refractivity contribution < 1.29 is 19.1 Å². The van der Waals surface area contributed by atoms with Gasteiger partial charge in [0.05, 0.1) is 7.11 Å². The summed E-state index contributed by atoms with van der Waals surface area (Å²) in [6.07, 6.45) is -0.724. The Bertz CT molecular complexity index is 798.